The molecule has 1 unspecified atom stereocenters. The molecule has 0 amide bonds. The van der Waals surface area contributed by atoms with Gasteiger partial charge in [-0.05, 0) is 75.1 Å². The van der Waals surface area contributed by atoms with Crippen LogP contribution in [0.15, 0.2) is 59.1 Å². The summed E-state index contributed by atoms with van der Waals surface area (Å²) in [7, 11) is -3.43. The maximum Gasteiger partial charge on any atom is 0.348 e. The number of aromatic carboxylic acids is 1. The van der Waals surface area contributed by atoms with E-state index in [9.17, 15) is 9.90 Å². The van der Waals surface area contributed by atoms with Crippen LogP contribution in [0.3, 0.4) is 0 Å². The first-order valence-electron chi connectivity index (χ1n) is 14.8. The lowest BCUT2D eigenvalue weighted by molar-refractivity contribution is 0.0702. The molecule has 2 fully saturated rings. The molecule has 1 saturated carbocycles. The van der Waals surface area contributed by atoms with Crippen LogP contribution in [0.4, 0.5) is 5.69 Å². The van der Waals surface area contributed by atoms with Crippen molar-refractivity contribution >= 4 is 41.6 Å². The molecule has 1 saturated heterocycles. The molecule has 0 bridgehead atoms. The van der Waals surface area contributed by atoms with Crippen molar-refractivity contribution in [3.8, 4) is 21.8 Å². The lowest BCUT2D eigenvalue weighted by Gasteiger charge is -2.44. The number of fused-ring (bicyclic) bond motifs is 1. The average molecular weight is 609 g/mol. The lowest BCUT2D eigenvalue weighted by Crippen LogP contribution is -2.41. The van der Waals surface area contributed by atoms with Gasteiger partial charge in [-0.1, -0.05) is 31.2 Å². The Morgan fingerprint density at radius 1 is 1.07 bits per heavy atom. The number of furan rings is 1. The maximum absolute atomic E-state index is 15.1. The quantitative estimate of drug-likeness (QED) is 0.188. The Hall–Kier alpha value is -2.97. The molecule has 3 aromatic heterocycles. The highest BCUT2D eigenvalue weighted by molar-refractivity contribution is 7.61. The van der Waals surface area contributed by atoms with Gasteiger partial charge in [0.05, 0.1) is 18.0 Å². The van der Waals surface area contributed by atoms with E-state index in [4.69, 9.17) is 13.7 Å². The highest BCUT2D eigenvalue weighted by atomic mass is 32.1. The van der Waals surface area contributed by atoms with Gasteiger partial charge in [-0.2, -0.15) is 0 Å². The molecule has 1 aromatic carbocycles. The smallest absolute Gasteiger partial charge is 0.348 e. The van der Waals surface area contributed by atoms with Crippen LogP contribution in [0.25, 0.3) is 32.9 Å². The number of carboxylic acids is 1. The number of benzene rings is 1. The van der Waals surface area contributed by atoms with Gasteiger partial charge in [-0.3, -0.25) is 14.2 Å². The van der Waals surface area contributed by atoms with E-state index in [1.165, 1.54) is 11.3 Å². The Kier molecular flexibility index (Phi) is 8.55. The normalized spacial score (nSPS) is 21.3. The van der Waals surface area contributed by atoms with E-state index in [-0.39, 0.29) is 16.6 Å². The minimum atomic E-state index is -3.43. The number of carboxylic acid groups (broad SMARTS) is 1. The van der Waals surface area contributed by atoms with Crippen molar-refractivity contribution in [2.45, 2.75) is 64.1 Å². The molecule has 0 spiro atoms. The molecule has 2 aliphatic rings. The maximum atomic E-state index is 15.1. The molecule has 1 aliphatic heterocycles. The summed E-state index contributed by atoms with van der Waals surface area (Å²) < 4.78 is 34.9. The molecule has 1 aliphatic carbocycles. The number of ether oxygens (including phenoxy) is 1. The van der Waals surface area contributed by atoms with Gasteiger partial charge in [0.2, 0.25) is 0 Å². The molecule has 1 atom stereocenters. The molecule has 42 heavy (non-hydrogen) atoms. The molecular weight excluding hydrogens is 571 g/mol. The Morgan fingerprint density at radius 3 is 2.45 bits per heavy atom. The van der Waals surface area contributed by atoms with E-state index in [0.29, 0.717) is 44.3 Å². The summed E-state index contributed by atoms with van der Waals surface area (Å²) in [6.07, 6.45) is 6.71. The van der Waals surface area contributed by atoms with Crippen LogP contribution in [0, 0.1) is 5.92 Å². The van der Waals surface area contributed by atoms with Gasteiger partial charge in [-0.15, -0.1) is 11.3 Å². The minimum absolute atomic E-state index is 0.125. The van der Waals surface area contributed by atoms with E-state index < -0.39 is 13.5 Å². The zero-order chi connectivity index (χ0) is 29.3. The van der Waals surface area contributed by atoms with Gasteiger partial charge in [0, 0.05) is 42.0 Å². The van der Waals surface area contributed by atoms with Crippen molar-refractivity contribution < 1.29 is 28.1 Å². The van der Waals surface area contributed by atoms with Gasteiger partial charge in [0.25, 0.3) is 7.52 Å². The average Bonchev–Trinajstić information content (AvgIpc) is 3.64. The predicted molar refractivity (Wildman–Crippen MR) is 167 cm³/mol. The van der Waals surface area contributed by atoms with Crippen LogP contribution >= 0.6 is 18.9 Å². The molecule has 4 aromatic rings. The Morgan fingerprint density at radius 2 is 1.79 bits per heavy atom. The first-order valence-corrected chi connectivity index (χ1v) is 17.3. The van der Waals surface area contributed by atoms with Crippen molar-refractivity contribution in [3.63, 3.8) is 0 Å². The summed E-state index contributed by atoms with van der Waals surface area (Å²) in [5, 5.41) is 10.4. The number of nitrogens with zero attached hydrogens (tertiary/aromatic N) is 2. The number of pyridine rings is 1. The van der Waals surface area contributed by atoms with Crippen molar-refractivity contribution in [3.05, 3.63) is 59.6 Å². The van der Waals surface area contributed by atoms with Crippen molar-refractivity contribution in [1.82, 2.24) is 4.98 Å². The second-order valence-electron chi connectivity index (χ2n) is 11.3. The first kappa shape index (κ1) is 29.1. The van der Waals surface area contributed by atoms with E-state index in [1.54, 1.807) is 6.20 Å². The summed E-state index contributed by atoms with van der Waals surface area (Å²) in [4.78, 5) is 18.0. The number of hydrogen-bond donors (Lipinski definition) is 1. The highest BCUT2D eigenvalue weighted by Gasteiger charge is 2.46. The van der Waals surface area contributed by atoms with Crippen LogP contribution in [-0.4, -0.2) is 47.6 Å². The van der Waals surface area contributed by atoms with Crippen LogP contribution in [0.5, 0.6) is 0 Å². The van der Waals surface area contributed by atoms with Crippen molar-refractivity contribution in [2.75, 3.05) is 24.5 Å². The topological polar surface area (TPSA) is 102 Å². The Bertz CT molecular complexity index is 1550. The second-order valence-corrected chi connectivity index (χ2v) is 14.9. The molecule has 10 heteroatoms. The number of carbonyl (C=O) groups is 1. The summed E-state index contributed by atoms with van der Waals surface area (Å²) in [6, 6.07) is 15.3. The molecular formula is C32H37N2O6PS. The van der Waals surface area contributed by atoms with Crippen LogP contribution in [0.2, 0.25) is 0 Å². The van der Waals surface area contributed by atoms with Gasteiger partial charge >= 0.3 is 5.97 Å². The first-order chi connectivity index (χ1) is 20.4. The molecule has 0 radical (unpaired) electrons. The number of anilines is 1. The Balaban J connectivity index is 1.39. The summed E-state index contributed by atoms with van der Waals surface area (Å²) in [5.74, 6) is 0.289. The molecule has 6 rings (SSSR count). The van der Waals surface area contributed by atoms with E-state index in [0.717, 1.165) is 58.5 Å². The fraction of sp³-hybridized carbons (Fsp3) is 0.438. The number of hydrogen-bond acceptors (Lipinski definition) is 7. The fourth-order valence-corrected chi connectivity index (χ4v) is 10.5. The van der Waals surface area contributed by atoms with Gasteiger partial charge in [0.1, 0.15) is 16.2 Å². The second kappa shape index (κ2) is 12.3. The molecule has 8 nitrogen and oxygen atoms in total. The van der Waals surface area contributed by atoms with E-state index >= 15 is 4.57 Å². The largest absolute Gasteiger partial charge is 0.477 e. The van der Waals surface area contributed by atoms with E-state index in [2.05, 4.69) is 11.9 Å². The van der Waals surface area contributed by atoms with E-state index in [1.807, 2.05) is 60.1 Å². The van der Waals surface area contributed by atoms with Gasteiger partial charge in [-0.25, -0.2) is 4.79 Å². The number of rotatable bonds is 9. The standard InChI is InChI=1S/C32H37N2O6PS/c1-3-39-41(37,25-12-6-21(2)7-13-25)34(24-14-17-38-18-15-24)27-20-30(42-31(27)32(35)36)23-10-8-22(9-11-23)29-19-26-28(40-29)5-4-16-33-26/h4-5,8-11,16,19-21,24-25H,3,6-7,12-15,17-18H2,1-2H3,(H,35,36). The molecule has 4 heterocycles. The van der Waals surface area contributed by atoms with Crippen LogP contribution in [-0.2, 0) is 13.8 Å². The summed E-state index contributed by atoms with van der Waals surface area (Å²) in [6.45, 7) is 5.51. The SMILES string of the molecule is CCOP(=O)(C1CCC(C)CC1)N(c1cc(-c2ccc(-c3cc4ncccc4o3)cc2)sc1C(=O)O)C1CCOCC1. The minimum Gasteiger partial charge on any atom is -0.477 e. The number of aromatic nitrogens is 1. The molecule has 222 valence electrons. The van der Waals surface area contributed by atoms with Crippen LogP contribution < -0.4 is 4.67 Å². The van der Waals surface area contributed by atoms with Gasteiger partial charge in [0.15, 0.2) is 5.58 Å². The van der Waals surface area contributed by atoms with Gasteiger partial charge < -0.3 is 18.8 Å². The summed E-state index contributed by atoms with van der Waals surface area (Å²) in [5.41, 5.74) is 3.69. The Labute approximate surface area is 250 Å². The van der Waals surface area contributed by atoms with Crippen molar-refractivity contribution in [1.29, 1.82) is 0 Å². The third-order valence-corrected chi connectivity index (χ3v) is 12.9. The monoisotopic (exact) mass is 608 g/mol. The lowest BCUT2D eigenvalue weighted by atomic mass is 9.91. The third-order valence-electron chi connectivity index (χ3n) is 8.49. The predicted octanol–water partition coefficient (Wildman–Crippen LogP) is 8.72. The fourth-order valence-electron chi connectivity index (χ4n) is 6.26. The third kappa shape index (κ3) is 5.68. The van der Waals surface area contributed by atoms with Crippen molar-refractivity contribution in [2.24, 2.45) is 5.92 Å². The molecule has 1 N–H and O–H groups in total. The zero-order valence-corrected chi connectivity index (χ0v) is 25.7. The zero-order valence-electron chi connectivity index (χ0n) is 24.0. The number of thiophene rings is 1. The summed E-state index contributed by atoms with van der Waals surface area (Å²) >= 11 is 1.22. The highest BCUT2D eigenvalue weighted by Crippen LogP contribution is 2.64. The van der Waals surface area contributed by atoms with Crippen LogP contribution in [0.1, 0.15) is 62.0 Å².